The number of aryl methyl sites for hydroxylation is 1. The van der Waals surface area contributed by atoms with Gasteiger partial charge in [0.15, 0.2) is 0 Å². The third kappa shape index (κ3) is 3.27. The summed E-state index contributed by atoms with van der Waals surface area (Å²) in [5.74, 6) is -1.80. The summed E-state index contributed by atoms with van der Waals surface area (Å²) >= 11 is 1.16. The van der Waals surface area contributed by atoms with E-state index in [4.69, 9.17) is 10.8 Å². The van der Waals surface area contributed by atoms with Crippen molar-refractivity contribution in [1.82, 2.24) is 5.32 Å². The topological polar surface area (TPSA) is 122 Å². The Morgan fingerprint density at radius 2 is 1.80 bits per heavy atom. The zero-order chi connectivity index (χ0) is 15.7. The van der Waals surface area contributed by atoms with Gasteiger partial charge in [-0.15, -0.1) is 11.3 Å². The molecule has 8 heteroatoms. The Bertz CT molecular complexity index is 578. The van der Waals surface area contributed by atoms with Crippen LogP contribution in [0, 0.1) is 13.8 Å². The number of aromatic carboxylic acids is 1. The quantitative estimate of drug-likeness (QED) is 0.672. The Hall–Kier alpha value is -2.09. The number of hydrogen-bond acceptors (Lipinski definition) is 4. The minimum Gasteiger partial charge on any atom is -0.478 e. The molecule has 0 spiro atoms. The van der Waals surface area contributed by atoms with Crippen molar-refractivity contribution >= 4 is 34.2 Å². The smallest absolute Gasteiger partial charge is 0.338 e. The molecule has 1 aromatic rings. The SMILES string of the molecule is Cc1sc(NC(=O)NC(C)(C)C(N)=O)c(C(=O)O)c1C. The van der Waals surface area contributed by atoms with Gasteiger partial charge in [0.25, 0.3) is 0 Å². The number of nitrogens with one attached hydrogen (secondary N) is 2. The van der Waals surface area contributed by atoms with Crippen molar-refractivity contribution in [2.24, 2.45) is 5.73 Å². The van der Waals surface area contributed by atoms with Crippen molar-refractivity contribution in [3.8, 4) is 0 Å². The fourth-order valence-corrected chi connectivity index (χ4v) is 2.50. The fraction of sp³-hybridized carbons (Fsp3) is 0.417. The molecule has 20 heavy (non-hydrogen) atoms. The minimum absolute atomic E-state index is 0.0551. The second-order valence-corrected chi connectivity index (χ2v) is 6.09. The predicted molar refractivity (Wildman–Crippen MR) is 76.2 cm³/mol. The lowest BCUT2D eigenvalue weighted by molar-refractivity contribution is -0.122. The Morgan fingerprint density at radius 1 is 1.25 bits per heavy atom. The lowest BCUT2D eigenvalue weighted by Gasteiger charge is -2.22. The highest BCUT2D eigenvalue weighted by atomic mass is 32.1. The van der Waals surface area contributed by atoms with Gasteiger partial charge in [-0.3, -0.25) is 10.1 Å². The Kier molecular flexibility index (Phi) is 4.39. The number of nitrogens with two attached hydrogens (primary N) is 1. The van der Waals surface area contributed by atoms with E-state index in [1.165, 1.54) is 13.8 Å². The van der Waals surface area contributed by atoms with E-state index in [9.17, 15) is 14.4 Å². The monoisotopic (exact) mass is 299 g/mol. The number of rotatable bonds is 4. The molecule has 0 saturated carbocycles. The van der Waals surface area contributed by atoms with Gasteiger partial charge in [-0.25, -0.2) is 9.59 Å². The average molecular weight is 299 g/mol. The van der Waals surface area contributed by atoms with Crippen LogP contribution in [0.5, 0.6) is 0 Å². The lowest BCUT2D eigenvalue weighted by Crippen LogP contribution is -2.54. The summed E-state index contributed by atoms with van der Waals surface area (Å²) in [6.45, 7) is 6.35. The third-order valence-corrected chi connectivity index (χ3v) is 3.99. The number of carbonyl (C=O) groups is 3. The Morgan fingerprint density at radius 3 is 2.25 bits per heavy atom. The van der Waals surface area contributed by atoms with Gasteiger partial charge in [0.2, 0.25) is 5.91 Å². The van der Waals surface area contributed by atoms with E-state index < -0.39 is 23.4 Å². The molecule has 0 aromatic carbocycles. The summed E-state index contributed by atoms with van der Waals surface area (Å²) in [5.41, 5.74) is 4.58. The highest BCUT2D eigenvalue weighted by molar-refractivity contribution is 7.16. The number of amides is 3. The van der Waals surface area contributed by atoms with Crippen LogP contribution in [0.4, 0.5) is 9.80 Å². The van der Waals surface area contributed by atoms with Gasteiger partial charge >= 0.3 is 12.0 Å². The van der Waals surface area contributed by atoms with Gasteiger partial charge in [-0.2, -0.15) is 0 Å². The molecule has 0 aliphatic rings. The highest BCUT2D eigenvalue weighted by Gasteiger charge is 2.28. The van der Waals surface area contributed by atoms with Crippen LogP contribution in [0.25, 0.3) is 0 Å². The summed E-state index contributed by atoms with van der Waals surface area (Å²) in [7, 11) is 0. The van der Waals surface area contributed by atoms with Gasteiger partial charge in [-0.05, 0) is 33.3 Å². The molecular formula is C12H17N3O4S. The highest BCUT2D eigenvalue weighted by Crippen LogP contribution is 2.32. The maximum absolute atomic E-state index is 11.8. The maximum Gasteiger partial charge on any atom is 0.338 e. The second kappa shape index (κ2) is 5.49. The number of anilines is 1. The van der Waals surface area contributed by atoms with Crippen LogP contribution in [-0.4, -0.2) is 28.6 Å². The standard InChI is InChI=1S/C12H17N3O4S/c1-5-6(2)20-8(7(5)9(16)17)14-11(19)15-12(3,4)10(13)18/h1-4H3,(H2,13,18)(H,16,17)(H2,14,15,19). The van der Waals surface area contributed by atoms with Crippen molar-refractivity contribution < 1.29 is 19.5 Å². The molecular weight excluding hydrogens is 282 g/mol. The number of carboxylic acids is 1. The zero-order valence-corrected chi connectivity index (χ0v) is 12.5. The molecule has 0 radical (unpaired) electrons. The van der Waals surface area contributed by atoms with Crippen LogP contribution in [0.3, 0.4) is 0 Å². The third-order valence-electron chi connectivity index (χ3n) is 2.87. The Balaban J connectivity index is 2.95. The van der Waals surface area contributed by atoms with Crippen LogP contribution in [0.2, 0.25) is 0 Å². The summed E-state index contributed by atoms with van der Waals surface area (Å²) in [5, 5.41) is 14.2. The van der Waals surface area contributed by atoms with Gasteiger partial charge in [0.1, 0.15) is 10.5 Å². The van der Waals surface area contributed by atoms with Crippen molar-refractivity contribution in [2.75, 3.05) is 5.32 Å². The molecule has 0 aliphatic carbocycles. The van der Waals surface area contributed by atoms with E-state index in [0.717, 1.165) is 16.2 Å². The number of carboxylic acid groups (broad SMARTS) is 1. The number of primary amides is 1. The Labute approximate surface area is 120 Å². The molecule has 0 unspecified atom stereocenters. The summed E-state index contributed by atoms with van der Waals surface area (Å²) in [6, 6.07) is -0.683. The number of thiophene rings is 1. The first-order valence-corrected chi connectivity index (χ1v) is 6.60. The van der Waals surface area contributed by atoms with Crippen LogP contribution < -0.4 is 16.4 Å². The largest absolute Gasteiger partial charge is 0.478 e. The van der Waals surface area contributed by atoms with Gasteiger partial charge in [0.05, 0.1) is 5.56 Å². The molecule has 1 heterocycles. The molecule has 1 rings (SSSR count). The van der Waals surface area contributed by atoms with Gasteiger partial charge < -0.3 is 16.2 Å². The van der Waals surface area contributed by atoms with Gasteiger partial charge in [-0.1, -0.05) is 0 Å². The van der Waals surface area contributed by atoms with Gasteiger partial charge in [0, 0.05) is 4.88 Å². The summed E-state index contributed by atoms with van der Waals surface area (Å²) in [4.78, 5) is 34.9. The summed E-state index contributed by atoms with van der Waals surface area (Å²) < 4.78 is 0. The van der Waals surface area contributed by atoms with Crippen molar-refractivity contribution in [2.45, 2.75) is 33.2 Å². The van der Waals surface area contributed by atoms with Crippen LogP contribution in [0.15, 0.2) is 0 Å². The van der Waals surface area contributed by atoms with E-state index >= 15 is 0 Å². The first-order chi connectivity index (χ1) is 9.06. The molecule has 0 bridgehead atoms. The van der Waals surface area contributed by atoms with Crippen LogP contribution >= 0.6 is 11.3 Å². The molecule has 7 nitrogen and oxygen atoms in total. The molecule has 5 N–H and O–H groups in total. The number of hydrogen-bond donors (Lipinski definition) is 4. The second-order valence-electron chi connectivity index (χ2n) is 4.86. The molecule has 3 amide bonds. The fourth-order valence-electron chi connectivity index (χ4n) is 1.45. The van der Waals surface area contributed by atoms with E-state index in [1.54, 1.807) is 13.8 Å². The van der Waals surface area contributed by atoms with E-state index in [2.05, 4.69) is 10.6 Å². The normalized spacial score (nSPS) is 11.0. The first kappa shape index (κ1) is 16.0. The van der Waals surface area contributed by atoms with Crippen LogP contribution in [0.1, 0.15) is 34.6 Å². The van der Waals surface area contributed by atoms with Crippen molar-refractivity contribution in [3.05, 3.63) is 16.0 Å². The maximum atomic E-state index is 11.8. The number of urea groups is 1. The average Bonchev–Trinajstić information content (AvgIpc) is 2.52. The van der Waals surface area contributed by atoms with E-state index in [-0.39, 0.29) is 10.6 Å². The zero-order valence-electron chi connectivity index (χ0n) is 11.7. The molecule has 0 fully saturated rings. The molecule has 0 aliphatic heterocycles. The molecule has 1 aromatic heterocycles. The predicted octanol–water partition coefficient (Wildman–Crippen LogP) is 1.45. The first-order valence-electron chi connectivity index (χ1n) is 5.78. The minimum atomic E-state index is -1.23. The summed E-state index contributed by atoms with van der Waals surface area (Å²) in [6.07, 6.45) is 0. The molecule has 0 atom stereocenters. The lowest BCUT2D eigenvalue weighted by atomic mass is 10.1. The molecule has 110 valence electrons. The van der Waals surface area contributed by atoms with Crippen molar-refractivity contribution in [1.29, 1.82) is 0 Å². The van der Waals surface area contributed by atoms with E-state index in [1.807, 2.05) is 0 Å². The van der Waals surface area contributed by atoms with Crippen LogP contribution in [-0.2, 0) is 4.79 Å². The molecule has 0 saturated heterocycles. The van der Waals surface area contributed by atoms with Crippen molar-refractivity contribution in [3.63, 3.8) is 0 Å². The van der Waals surface area contributed by atoms with E-state index in [0.29, 0.717) is 5.56 Å². The number of carbonyl (C=O) groups excluding carboxylic acids is 2.